The van der Waals surface area contributed by atoms with Crippen molar-refractivity contribution >= 4 is 30.3 Å². The highest BCUT2D eigenvalue weighted by Gasteiger charge is 2.32. The fourth-order valence-corrected chi connectivity index (χ4v) is 5.43. The number of likely N-dealkylation sites (tertiary alicyclic amines) is 2. The lowest BCUT2D eigenvalue weighted by Crippen LogP contribution is -2.46. The summed E-state index contributed by atoms with van der Waals surface area (Å²) in [6.45, 7) is 25.8. The van der Waals surface area contributed by atoms with E-state index in [0.29, 0.717) is 29.3 Å². The molecule has 0 aromatic heterocycles. The van der Waals surface area contributed by atoms with E-state index < -0.39 is 5.41 Å². The zero-order chi connectivity index (χ0) is 35.4. The predicted molar refractivity (Wildman–Crippen MR) is 193 cm³/mol. The fraction of sp³-hybridized carbons (Fsp3) is 0.757. The van der Waals surface area contributed by atoms with Gasteiger partial charge in [0.25, 0.3) is 0 Å². The summed E-state index contributed by atoms with van der Waals surface area (Å²) in [7, 11) is 0. The maximum absolute atomic E-state index is 11.9. The number of benzene rings is 1. The van der Waals surface area contributed by atoms with E-state index in [1.54, 1.807) is 18.7 Å². The largest absolute Gasteiger partial charge is 0.395 e. The first-order valence-corrected chi connectivity index (χ1v) is 17.7. The van der Waals surface area contributed by atoms with Crippen molar-refractivity contribution in [3.63, 3.8) is 0 Å². The summed E-state index contributed by atoms with van der Waals surface area (Å²) in [5.74, 6) is 0.649. The van der Waals surface area contributed by atoms with Gasteiger partial charge in [0, 0.05) is 42.8 Å². The summed E-state index contributed by atoms with van der Waals surface area (Å²) in [4.78, 5) is 35.4. The van der Waals surface area contributed by atoms with Gasteiger partial charge in [-0.25, -0.2) is 0 Å². The molecule has 1 saturated carbocycles. The number of rotatable bonds is 7. The summed E-state index contributed by atoms with van der Waals surface area (Å²) >= 11 is 5.91. The van der Waals surface area contributed by atoms with Crippen LogP contribution in [0.2, 0.25) is 5.02 Å². The molecule has 1 aliphatic carbocycles. The SMILES string of the molecule is CC.CC(C)(C)N1CCC(c2ccc(Cl)cc2)C1.CC1(C)CCC(NC(=O)C(C)(C)CO)CC1.CCNC=O.O=CN1CCCC1. The van der Waals surface area contributed by atoms with E-state index in [-0.39, 0.29) is 12.5 Å². The maximum Gasteiger partial charge on any atom is 0.228 e. The van der Waals surface area contributed by atoms with Gasteiger partial charge in [0.05, 0.1) is 12.0 Å². The third kappa shape index (κ3) is 17.7. The molecular formula is C37H67ClN4O4. The van der Waals surface area contributed by atoms with Gasteiger partial charge >= 0.3 is 0 Å². The van der Waals surface area contributed by atoms with Crippen LogP contribution in [0.25, 0.3) is 0 Å². The first kappa shape index (κ1) is 43.8. The molecule has 3 amide bonds. The predicted octanol–water partition coefficient (Wildman–Crippen LogP) is 7.03. The molecular weight excluding hydrogens is 600 g/mol. The molecule has 0 spiro atoms. The van der Waals surface area contributed by atoms with Gasteiger partial charge in [-0.1, -0.05) is 51.4 Å². The van der Waals surface area contributed by atoms with Gasteiger partial charge in [0.1, 0.15) is 0 Å². The van der Waals surface area contributed by atoms with Crippen LogP contribution in [0.1, 0.15) is 126 Å². The monoisotopic (exact) mass is 666 g/mol. The minimum atomic E-state index is -0.660. The van der Waals surface area contributed by atoms with Crippen LogP contribution in [-0.4, -0.2) is 84.5 Å². The summed E-state index contributed by atoms with van der Waals surface area (Å²) in [6.07, 6.45) is 9.69. The number of aliphatic hydroxyl groups is 1. The van der Waals surface area contributed by atoms with Crippen molar-refractivity contribution in [2.45, 2.75) is 132 Å². The molecule has 2 saturated heterocycles. The molecule has 3 fully saturated rings. The molecule has 4 rings (SSSR count). The lowest BCUT2D eigenvalue weighted by molar-refractivity contribution is -0.132. The number of aliphatic hydroxyl groups excluding tert-OH is 1. The minimum absolute atomic E-state index is 0.0280. The van der Waals surface area contributed by atoms with Crippen molar-refractivity contribution < 1.29 is 19.5 Å². The van der Waals surface area contributed by atoms with Crippen LogP contribution in [0.4, 0.5) is 0 Å². The molecule has 9 heteroatoms. The zero-order valence-corrected chi connectivity index (χ0v) is 31.5. The maximum atomic E-state index is 11.9. The summed E-state index contributed by atoms with van der Waals surface area (Å²) in [5, 5.41) is 15.4. The molecule has 1 aromatic rings. The Kier molecular flexibility index (Phi) is 21.4. The average molecular weight is 667 g/mol. The first-order chi connectivity index (χ1) is 21.6. The lowest BCUT2D eigenvalue weighted by atomic mass is 9.75. The van der Waals surface area contributed by atoms with Gasteiger partial charge in [-0.05, 0) is 122 Å². The third-order valence-corrected chi connectivity index (χ3v) is 8.99. The van der Waals surface area contributed by atoms with E-state index in [1.165, 1.54) is 37.9 Å². The fourth-order valence-electron chi connectivity index (χ4n) is 5.30. The van der Waals surface area contributed by atoms with Crippen molar-refractivity contribution in [1.29, 1.82) is 0 Å². The Labute approximate surface area is 286 Å². The summed E-state index contributed by atoms with van der Waals surface area (Å²) < 4.78 is 0. The number of nitrogens with zero attached hydrogens (tertiary/aromatic N) is 2. The van der Waals surface area contributed by atoms with Gasteiger partial charge in [-0.3, -0.25) is 19.3 Å². The molecule has 1 atom stereocenters. The molecule has 46 heavy (non-hydrogen) atoms. The zero-order valence-electron chi connectivity index (χ0n) is 30.8. The molecule has 1 unspecified atom stereocenters. The summed E-state index contributed by atoms with van der Waals surface area (Å²) in [5.41, 5.74) is 1.48. The Bertz CT molecular complexity index is 963. The van der Waals surface area contributed by atoms with Gasteiger partial charge < -0.3 is 20.6 Å². The number of amides is 3. The Morgan fingerprint density at radius 3 is 1.89 bits per heavy atom. The molecule has 1 aromatic carbocycles. The second-order valence-corrected chi connectivity index (χ2v) is 15.1. The van der Waals surface area contributed by atoms with E-state index in [1.807, 2.05) is 32.9 Å². The smallest absolute Gasteiger partial charge is 0.228 e. The Morgan fingerprint density at radius 2 is 1.52 bits per heavy atom. The number of nitrogens with one attached hydrogen (secondary N) is 2. The summed E-state index contributed by atoms with van der Waals surface area (Å²) in [6, 6.07) is 8.62. The highest BCUT2D eigenvalue weighted by Crippen LogP contribution is 2.35. The molecule has 3 aliphatic rings. The second-order valence-electron chi connectivity index (χ2n) is 14.6. The third-order valence-electron chi connectivity index (χ3n) is 8.74. The van der Waals surface area contributed by atoms with Crippen LogP contribution in [0.15, 0.2) is 24.3 Å². The van der Waals surface area contributed by atoms with E-state index >= 15 is 0 Å². The van der Waals surface area contributed by atoms with Gasteiger partial charge in [-0.2, -0.15) is 0 Å². The van der Waals surface area contributed by atoms with Crippen LogP contribution in [0.5, 0.6) is 0 Å². The van der Waals surface area contributed by atoms with Crippen LogP contribution < -0.4 is 10.6 Å². The number of hydrogen-bond donors (Lipinski definition) is 3. The topological polar surface area (TPSA) is 102 Å². The van der Waals surface area contributed by atoms with Crippen molar-refractivity contribution in [3.05, 3.63) is 34.9 Å². The molecule has 0 radical (unpaired) electrons. The molecule has 8 nitrogen and oxygen atoms in total. The van der Waals surface area contributed by atoms with Crippen molar-refractivity contribution in [1.82, 2.24) is 20.4 Å². The molecule has 0 bridgehead atoms. The van der Waals surface area contributed by atoms with E-state index in [0.717, 1.165) is 56.8 Å². The van der Waals surface area contributed by atoms with Gasteiger partial charge in [0.2, 0.25) is 18.7 Å². The molecule has 266 valence electrons. The van der Waals surface area contributed by atoms with E-state index in [2.05, 4.69) is 62.3 Å². The minimum Gasteiger partial charge on any atom is -0.395 e. The van der Waals surface area contributed by atoms with Crippen LogP contribution in [-0.2, 0) is 14.4 Å². The van der Waals surface area contributed by atoms with Crippen LogP contribution in [0, 0.1) is 10.8 Å². The average Bonchev–Trinajstić information content (AvgIpc) is 3.74. The normalized spacial score (nSPS) is 19.4. The Hall–Kier alpha value is -2.16. The van der Waals surface area contributed by atoms with Gasteiger partial charge in [-0.15, -0.1) is 0 Å². The Morgan fingerprint density at radius 1 is 0.978 bits per heavy atom. The first-order valence-electron chi connectivity index (χ1n) is 17.4. The van der Waals surface area contributed by atoms with Crippen molar-refractivity contribution in [2.75, 3.05) is 39.3 Å². The lowest BCUT2D eigenvalue weighted by Gasteiger charge is -2.35. The molecule has 3 N–H and O–H groups in total. The number of hydrogen-bond acceptors (Lipinski definition) is 5. The quantitative estimate of drug-likeness (QED) is 0.271. The van der Waals surface area contributed by atoms with Crippen LogP contribution >= 0.6 is 11.6 Å². The van der Waals surface area contributed by atoms with E-state index in [4.69, 9.17) is 16.7 Å². The standard InChI is InChI=1S/C14H20ClN.C13H25NO2.C5H9NO.C3H7NO.C2H6/c1-14(2,3)16-9-8-12(10-16)11-4-6-13(15)7-5-11;1-12(2)7-5-10(6-8-12)14-11(16)13(3,4)9-15;7-5-6-3-1-2-4-6;1-2-4-3-5;1-2/h4-7,12H,8-10H2,1-3H3;10,15H,5-9H2,1-4H3,(H,14,16);5H,1-4H2;3H,2H2,1H3,(H,4,5);1-2H3. The number of carbonyl (C=O) groups excluding carboxylic acids is 3. The highest BCUT2D eigenvalue weighted by atomic mass is 35.5. The number of carbonyl (C=O) groups is 3. The van der Waals surface area contributed by atoms with Crippen molar-refractivity contribution in [2.24, 2.45) is 10.8 Å². The molecule has 2 aliphatic heterocycles. The van der Waals surface area contributed by atoms with Crippen molar-refractivity contribution in [3.8, 4) is 0 Å². The highest BCUT2D eigenvalue weighted by molar-refractivity contribution is 6.30. The Balaban J connectivity index is 0.000000630. The van der Waals surface area contributed by atoms with E-state index in [9.17, 15) is 14.4 Å². The number of halogens is 1. The van der Waals surface area contributed by atoms with Crippen LogP contribution in [0.3, 0.4) is 0 Å². The molecule has 2 heterocycles. The van der Waals surface area contributed by atoms with Gasteiger partial charge in [0.15, 0.2) is 0 Å². The second kappa shape index (κ2) is 22.4.